The number of nitrogens with zero attached hydrogens (tertiary/aromatic N) is 4. The van der Waals surface area contributed by atoms with Crippen LogP contribution in [0.2, 0.25) is 0 Å². The van der Waals surface area contributed by atoms with Crippen LogP contribution < -0.4 is 0 Å². The molecular formula is C26H33FN4O3. The third-order valence-corrected chi connectivity index (χ3v) is 5.77. The smallest absolute Gasteiger partial charge is 0.329 e. The molecule has 8 heteroatoms. The van der Waals surface area contributed by atoms with Crippen molar-refractivity contribution >= 4 is 17.9 Å². The number of aliphatic imine (C=N–C) groups is 2. The van der Waals surface area contributed by atoms with E-state index in [-0.39, 0.29) is 18.3 Å². The number of esters is 1. The van der Waals surface area contributed by atoms with Gasteiger partial charge in [0, 0.05) is 32.4 Å². The molecule has 0 spiro atoms. The number of halogens is 1. The highest BCUT2D eigenvalue weighted by Gasteiger charge is 2.44. The summed E-state index contributed by atoms with van der Waals surface area (Å²) in [5.74, 6) is -1.80. The van der Waals surface area contributed by atoms with Crippen LogP contribution in [-0.4, -0.2) is 74.3 Å². The second-order valence-electron chi connectivity index (χ2n) is 9.03. The van der Waals surface area contributed by atoms with E-state index in [1.807, 2.05) is 19.9 Å². The van der Waals surface area contributed by atoms with E-state index in [1.54, 1.807) is 25.3 Å². The van der Waals surface area contributed by atoms with Crippen LogP contribution in [0.25, 0.3) is 0 Å². The molecule has 2 aliphatic rings. The number of hydrogen-bond donors (Lipinski definition) is 0. The third-order valence-electron chi connectivity index (χ3n) is 5.77. The van der Waals surface area contributed by atoms with Crippen molar-refractivity contribution in [2.24, 2.45) is 21.8 Å². The van der Waals surface area contributed by atoms with Gasteiger partial charge in [-0.25, -0.2) is 4.39 Å². The predicted molar refractivity (Wildman–Crippen MR) is 130 cm³/mol. The van der Waals surface area contributed by atoms with Crippen LogP contribution in [0.1, 0.15) is 26.3 Å². The summed E-state index contributed by atoms with van der Waals surface area (Å²) >= 11 is 0. The zero-order valence-electron chi connectivity index (χ0n) is 20.2. The van der Waals surface area contributed by atoms with E-state index >= 15 is 0 Å². The molecule has 2 atom stereocenters. The summed E-state index contributed by atoms with van der Waals surface area (Å²) < 4.78 is 24.1. The first-order chi connectivity index (χ1) is 16.4. The van der Waals surface area contributed by atoms with E-state index in [9.17, 15) is 14.4 Å². The van der Waals surface area contributed by atoms with Crippen molar-refractivity contribution in [1.82, 2.24) is 4.90 Å². The van der Waals surface area contributed by atoms with E-state index in [0.717, 1.165) is 24.2 Å². The number of benzene rings is 1. The lowest BCUT2D eigenvalue weighted by atomic mass is 9.84. The van der Waals surface area contributed by atoms with Crippen LogP contribution in [0.5, 0.6) is 0 Å². The monoisotopic (exact) mass is 468 g/mol. The van der Waals surface area contributed by atoms with Gasteiger partial charge in [-0.1, -0.05) is 26.0 Å². The normalized spacial score (nSPS) is 21.9. The Morgan fingerprint density at radius 1 is 1.32 bits per heavy atom. The molecule has 182 valence electrons. The molecule has 1 saturated heterocycles. The first-order valence-corrected chi connectivity index (χ1v) is 11.8. The van der Waals surface area contributed by atoms with E-state index in [1.165, 1.54) is 12.1 Å². The van der Waals surface area contributed by atoms with Crippen LogP contribution in [-0.2, 0) is 20.7 Å². The maximum atomic E-state index is 13.4. The number of ether oxygens (including phenoxy) is 2. The number of hydrogen-bond acceptors (Lipinski definition) is 7. The van der Waals surface area contributed by atoms with E-state index < -0.39 is 17.4 Å². The zero-order valence-corrected chi connectivity index (χ0v) is 20.2. The molecule has 2 unspecified atom stereocenters. The fourth-order valence-corrected chi connectivity index (χ4v) is 4.13. The quantitative estimate of drug-likeness (QED) is 0.389. The third kappa shape index (κ3) is 6.58. The van der Waals surface area contributed by atoms with Gasteiger partial charge >= 0.3 is 5.97 Å². The summed E-state index contributed by atoms with van der Waals surface area (Å²) in [4.78, 5) is 24.7. The Morgan fingerprint density at radius 3 is 2.65 bits per heavy atom. The van der Waals surface area contributed by atoms with Gasteiger partial charge in [0.15, 0.2) is 5.92 Å². The van der Waals surface area contributed by atoms with Crippen molar-refractivity contribution in [3.8, 4) is 6.07 Å². The Kier molecular flexibility index (Phi) is 9.08. The van der Waals surface area contributed by atoms with E-state index in [2.05, 4.69) is 11.0 Å². The van der Waals surface area contributed by atoms with Crippen molar-refractivity contribution in [3.05, 3.63) is 47.3 Å². The second kappa shape index (κ2) is 12.0. The average Bonchev–Trinajstić information content (AvgIpc) is 3.21. The van der Waals surface area contributed by atoms with Gasteiger partial charge in [0.25, 0.3) is 0 Å². The van der Waals surface area contributed by atoms with Crippen molar-refractivity contribution < 1.29 is 18.7 Å². The first kappa shape index (κ1) is 25.7. The summed E-state index contributed by atoms with van der Waals surface area (Å²) in [6.45, 7) is 9.61. The van der Waals surface area contributed by atoms with Gasteiger partial charge in [-0.2, -0.15) is 5.26 Å². The first-order valence-electron chi connectivity index (χ1n) is 11.8. The van der Waals surface area contributed by atoms with Gasteiger partial charge in [0.2, 0.25) is 0 Å². The van der Waals surface area contributed by atoms with Crippen LogP contribution in [0.3, 0.4) is 0 Å². The SMILES string of the molecule is CCOC(=O)C(C#N)C(=NCC(C)C)C1(CN2CCOCC2)C=C(Cc2ccc(F)cc2)C=N1. The largest absolute Gasteiger partial charge is 0.465 e. The van der Waals surface area contributed by atoms with Gasteiger partial charge in [-0.15, -0.1) is 0 Å². The van der Waals surface area contributed by atoms with Gasteiger partial charge in [0.1, 0.15) is 11.4 Å². The minimum atomic E-state index is -1.15. The number of rotatable bonds is 10. The number of nitriles is 1. The summed E-state index contributed by atoms with van der Waals surface area (Å²) in [6.07, 6.45) is 4.35. The lowest BCUT2D eigenvalue weighted by Gasteiger charge is -2.36. The fraction of sp³-hybridized carbons (Fsp3) is 0.538. The van der Waals surface area contributed by atoms with E-state index in [4.69, 9.17) is 19.5 Å². The van der Waals surface area contributed by atoms with Crippen LogP contribution in [0.4, 0.5) is 4.39 Å². The molecule has 1 aromatic carbocycles. The average molecular weight is 469 g/mol. The molecule has 2 aliphatic heterocycles. The standard InChI is InChI=1S/C26H33FN4O3/c1-4-34-25(32)23(15-28)24(29-16-19(2)3)26(18-31-9-11-33-12-10-31)14-21(17-30-26)13-20-5-7-22(27)8-6-20/h5-8,14,17,19,23H,4,9-13,16,18H2,1-3H3. The molecule has 0 bridgehead atoms. The molecule has 0 radical (unpaired) electrons. The number of carbonyl (C=O) groups excluding carboxylic acids is 1. The fourth-order valence-electron chi connectivity index (χ4n) is 4.13. The molecular weight excluding hydrogens is 435 g/mol. The number of morpholine rings is 1. The molecule has 1 aromatic rings. The van der Waals surface area contributed by atoms with Crippen molar-refractivity contribution in [2.75, 3.05) is 46.0 Å². The molecule has 2 heterocycles. The van der Waals surface area contributed by atoms with Gasteiger partial charge < -0.3 is 9.47 Å². The van der Waals surface area contributed by atoms with E-state index in [0.29, 0.717) is 38.4 Å². The Hall–Kier alpha value is -2.89. The summed E-state index contributed by atoms with van der Waals surface area (Å²) in [5, 5.41) is 9.99. The Bertz CT molecular complexity index is 975. The minimum absolute atomic E-state index is 0.180. The Labute approximate surface area is 201 Å². The molecule has 7 nitrogen and oxygen atoms in total. The van der Waals surface area contributed by atoms with Crippen LogP contribution in [0.15, 0.2) is 45.9 Å². The zero-order chi connectivity index (χ0) is 24.6. The minimum Gasteiger partial charge on any atom is -0.465 e. The maximum Gasteiger partial charge on any atom is 0.329 e. The lowest BCUT2D eigenvalue weighted by molar-refractivity contribution is -0.144. The lowest BCUT2D eigenvalue weighted by Crippen LogP contribution is -2.52. The second-order valence-corrected chi connectivity index (χ2v) is 9.03. The highest BCUT2D eigenvalue weighted by Crippen LogP contribution is 2.30. The summed E-state index contributed by atoms with van der Waals surface area (Å²) in [6, 6.07) is 8.49. The van der Waals surface area contributed by atoms with Crippen LogP contribution >= 0.6 is 0 Å². The highest BCUT2D eigenvalue weighted by molar-refractivity contribution is 6.13. The molecule has 0 aliphatic carbocycles. The van der Waals surface area contributed by atoms with Crippen LogP contribution in [0, 0.1) is 29.0 Å². The molecule has 0 aromatic heterocycles. The van der Waals surface area contributed by atoms with Gasteiger partial charge in [0.05, 0.1) is 31.6 Å². The molecule has 3 rings (SSSR count). The number of allylic oxidation sites excluding steroid dienone is 1. The molecule has 0 N–H and O–H groups in total. The van der Waals surface area contributed by atoms with Gasteiger partial charge in [-0.3, -0.25) is 19.7 Å². The summed E-state index contributed by atoms with van der Waals surface area (Å²) in [7, 11) is 0. The van der Waals surface area contributed by atoms with Crippen molar-refractivity contribution in [1.29, 1.82) is 5.26 Å². The maximum absolute atomic E-state index is 13.4. The molecule has 1 fully saturated rings. The van der Waals surface area contributed by atoms with Crippen molar-refractivity contribution in [3.63, 3.8) is 0 Å². The molecule has 0 saturated carbocycles. The summed E-state index contributed by atoms with van der Waals surface area (Å²) in [5.41, 5.74) is 1.33. The Balaban J connectivity index is 2.02. The van der Waals surface area contributed by atoms with Crippen molar-refractivity contribution in [2.45, 2.75) is 32.7 Å². The predicted octanol–water partition coefficient (Wildman–Crippen LogP) is 3.25. The number of carbonyl (C=O) groups is 1. The van der Waals surface area contributed by atoms with Gasteiger partial charge in [-0.05, 0) is 48.6 Å². The molecule has 0 amide bonds. The highest BCUT2D eigenvalue weighted by atomic mass is 19.1. The molecule has 34 heavy (non-hydrogen) atoms. The Morgan fingerprint density at radius 2 is 2.03 bits per heavy atom. The topological polar surface area (TPSA) is 87.3 Å².